The lowest BCUT2D eigenvalue weighted by molar-refractivity contribution is -0.117. The summed E-state index contributed by atoms with van der Waals surface area (Å²) in [7, 11) is -3.78. The standard InChI is InChI=1S/C17H21N3O3S2/c1-13-6-8-14(9-7-13)25(22,23)20-15(10-12-24-2)17(21)19-16-5-3-4-11-18-16/h3-9,11,15,20H,10,12H2,1-2H3,(H,18,19,21). The molecule has 0 saturated heterocycles. The number of benzene rings is 1. The van der Waals surface area contributed by atoms with Gasteiger partial charge in [-0.3, -0.25) is 4.79 Å². The van der Waals surface area contributed by atoms with E-state index in [1.165, 1.54) is 12.1 Å². The molecule has 8 heteroatoms. The molecule has 2 rings (SSSR count). The van der Waals surface area contributed by atoms with Crippen LogP contribution in [0.2, 0.25) is 0 Å². The number of sulfonamides is 1. The highest BCUT2D eigenvalue weighted by Gasteiger charge is 2.25. The zero-order valence-electron chi connectivity index (χ0n) is 14.1. The SMILES string of the molecule is CSCCC(NS(=O)(=O)c1ccc(C)cc1)C(=O)Nc1ccccn1. The average Bonchev–Trinajstić information content (AvgIpc) is 2.59. The Bertz CT molecular complexity index is 794. The van der Waals surface area contributed by atoms with Gasteiger partial charge in [0, 0.05) is 6.20 Å². The van der Waals surface area contributed by atoms with Crippen molar-refractivity contribution in [1.82, 2.24) is 9.71 Å². The number of hydrogen-bond acceptors (Lipinski definition) is 5. The van der Waals surface area contributed by atoms with E-state index in [2.05, 4.69) is 15.0 Å². The van der Waals surface area contributed by atoms with Gasteiger partial charge < -0.3 is 5.32 Å². The van der Waals surface area contributed by atoms with E-state index in [1.54, 1.807) is 48.3 Å². The smallest absolute Gasteiger partial charge is 0.243 e. The number of pyridine rings is 1. The Balaban J connectivity index is 2.15. The summed E-state index contributed by atoms with van der Waals surface area (Å²) in [6.07, 6.45) is 3.84. The number of aryl methyl sites for hydroxylation is 1. The highest BCUT2D eigenvalue weighted by atomic mass is 32.2. The summed E-state index contributed by atoms with van der Waals surface area (Å²) in [5.74, 6) is 0.608. The first-order chi connectivity index (χ1) is 11.9. The molecule has 1 heterocycles. The number of thioether (sulfide) groups is 1. The first-order valence-corrected chi connectivity index (χ1v) is 10.6. The highest BCUT2D eigenvalue weighted by Crippen LogP contribution is 2.13. The maximum absolute atomic E-state index is 12.6. The molecule has 6 nitrogen and oxygen atoms in total. The van der Waals surface area contributed by atoms with Gasteiger partial charge in [0.2, 0.25) is 15.9 Å². The highest BCUT2D eigenvalue weighted by molar-refractivity contribution is 7.98. The van der Waals surface area contributed by atoms with Gasteiger partial charge in [0.15, 0.2) is 0 Å². The molecule has 0 fully saturated rings. The fraction of sp³-hybridized carbons (Fsp3) is 0.294. The number of carbonyl (C=O) groups excluding carboxylic acids is 1. The molecule has 0 radical (unpaired) electrons. The van der Waals surface area contributed by atoms with Crippen LogP contribution in [0.3, 0.4) is 0 Å². The van der Waals surface area contributed by atoms with Crippen LogP contribution >= 0.6 is 11.8 Å². The normalized spacial score (nSPS) is 12.6. The molecule has 1 unspecified atom stereocenters. The van der Waals surface area contributed by atoms with Crippen LogP contribution in [-0.2, 0) is 14.8 Å². The van der Waals surface area contributed by atoms with Crippen molar-refractivity contribution in [2.24, 2.45) is 0 Å². The van der Waals surface area contributed by atoms with Crippen molar-refractivity contribution in [3.05, 3.63) is 54.2 Å². The van der Waals surface area contributed by atoms with Crippen LogP contribution in [0.1, 0.15) is 12.0 Å². The van der Waals surface area contributed by atoms with E-state index in [0.717, 1.165) is 5.56 Å². The van der Waals surface area contributed by atoms with Crippen molar-refractivity contribution in [1.29, 1.82) is 0 Å². The molecular weight excluding hydrogens is 358 g/mol. The largest absolute Gasteiger partial charge is 0.309 e. The fourth-order valence-corrected chi connectivity index (χ4v) is 3.80. The molecule has 2 N–H and O–H groups in total. The minimum Gasteiger partial charge on any atom is -0.309 e. The van der Waals surface area contributed by atoms with E-state index in [9.17, 15) is 13.2 Å². The molecule has 134 valence electrons. The Morgan fingerprint density at radius 1 is 1.20 bits per heavy atom. The van der Waals surface area contributed by atoms with Crippen molar-refractivity contribution >= 4 is 33.5 Å². The number of amides is 1. The lowest BCUT2D eigenvalue weighted by Gasteiger charge is -2.18. The lowest BCUT2D eigenvalue weighted by Crippen LogP contribution is -2.44. The summed E-state index contributed by atoms with van der Waals surface area (Å²) in [4.78, 5) is 16.7. The Morgan fingerprint density at radius 2 is 1.92 bits per heavy atom. The molecule has 0 aliphatic rings. The van der Waals surface area contributed by atoms with Crippen molar-refractivity contribution in [2.75, 3.05) is 17.3 Å². The summed E-state index contributed by atoms with van der Waals surface area (Å²) in [5, 5.41) is 2.65. The number of hydrogen-bond donors (Lipinski definition) is 2. The first-order valence-electron chi connectivity index (χ1n) is 7.72. The Labute approximate surface area is 152 Å². The third kappa shape index (κ3) is 5.84. The lowest BCUT2D eigenvalue weighted by atomic mass is 10.2. The summed E-state index contributed by atoms with van der Waals surface area (Å²) >= 11 is 1.55. The second kappa shape index (κ2) is 8.98. The molecule has 0 bridgehead atoms. The topological polar surface area (TPSA) is 88.2 Å². The monoisotopic (exact) mass is 379 g/mol. The van der Waals surface area contributed by atoms with Crippen LogP contribution in [0.4, 0.5) is 5.82 Å². The third-order valence-corrected chi connectivity index (χ3v) is 5.60. The first kappa shape index (κ1) is 19.4. The average molecular weight is 380 g/mol. The van der Waals surface area contributed by atoms with E-state index in [1.807, 2.05) is 13.2 Å². The minimum absolute atomic E-state index is 0.137. The summed E-state index contributed by atoms with van der Waals surface area (Å²) < 4.78 is 27.6. The summed E-state index contributed by atoms with van der Waals surface area (Å²) in [6.45, 7) is 1.88. The summed E-state index contributed by atoms with van der Waals surface area (Å²) in [6, 6.07) is 10.8. The Hall–Kier alpha value is -1.90. The number of nitrogens with zero attached hydrogens (tertiary/aromatic N) is 1. The molecule has 0 aliphatic carbocycles. The molecule has 1 aromatic heterocycles. The predicted octanol–water partition coefficient (Wildman–Crippen LogP) is 2.43. The van der Waals surface area contributed by atoms with Gasteiger partial charge in [-0.05, 0) is 49.6 Å². The van der Waals surface area contributed by atoms with Crippen molar-refractivity contribution in [3.63, 3.8) is 0 Å². The Kier molecular flexibility index (Phi) is 6.98. The quantitative estimate of drug-likeness (QED) is 0.735. The molecule has 1 aromatic carbocycles. The van der Waals surface area contributed by atoms with Crippen LogP contribution in [0.25, 0.3) is 0 Å². The number of rotatable bonds is 8. The van der Waals surface area contributed by atoms with Gasteiger partial charge in [0.1, 0.15) is 11.9 Å². The number of carbonyl (C=O) groups is 1. The van der Waals surface area contributed by atoms with Gasteiger partial charge in [0.25, 0.3) is 0 Å². The number of aromatic nitrogens is 1. The van der Waals surface area contributed by atoms with Crippen LogP contribution in [0, 0.1) is 6.92 Å². The second-order valence-electron chi connectivity index (χ2n) is 5.47. The molecule has 2 aromatic rings. The van der Waals surface area contributed by atoms with Crippen molar-refractivity contribution in [2.45, 2.75) is 24.3 Å². The second-order valence-corrected chi connectivity index (χ2v) is 8.17. The maximum Gasteiger partial charge on any atom is 0.243 e. The van der Waals surface area contributed by atoms with Crippen molar-refractivity contribution in [3.8, 4) is 0 Å². The van der Waals surface area contributed by atoms with Gasteiger partial charge in [-0.1, -0.05) is 23.8 Å². The zero-order chi connectivity index (χ0) is 18.3. The molecule has 0 aliphatic heterocycles. The van der Waals surface area contributed by atoms with Gasteiger partial charge >= 0.3 is 0 Å². The van der Waals surface area contributed by atoms with Crippen LogP contribution in [0.15, 0.2) is 53.6 Å². The zero-order valence-corrected chi connectivity index (χ0v) is 15.7. The van der Waals surface area contributed by atoms with E-state index in [-0.39, 0.29) is 4.90 Å². The van der Waals surface area contributed by atoms with Crippen LogP contribution in [-0.4, -0.2) is 37.4 Å². The third-order valence-electron chi connectivity index (χ3n) is 3.47. The molecular formula is C17H21N3O3S2. The molecule has 1 atom stereocenters. The van der Waals surface area contributed by atoms with E-state index in [0.29, 0.717) is 18.0 Å². The van der Waals surface area contributed by atoms with E-state index < -0.39 is 22.0 Å². The van der Waals surface area contributed by atoms with E-state index >= 15 is 0 Å². The molecule has 25 heavy (non-hydrogen) atoms. The predicted molar refractivity (Wildman–Crippen MR) is 101 cm³/mol. The minimum atomic E-state index is -3.78. The molecule has 1 amide bonds. The number of nitrogens with one attached hydrogen (secondary N) is 2. The van der Waals surface area contributed by atoms with Crippen LogP contribution in [0.5, 0.6) is 0 Å². The number of anilines is 1. The molecule has 0 spiro atoms. The van der Waals surface area contributed by atoms with Crippen molar-refractivity contribution < 1.29 is 13.2 Å². The van der Waals surface area contributed by atoms with Gasteiger partial charge in [-0.2, -0.15) is 16.5 Å². The fourth-order valence-electron chi connectivity index (χ4n) is 2.10. The van der Waals surface area contributed by atoms with Crippen LogP contribution < -0.4 is 10.0 Å². The van der Waals surface area contributed by atoms with Gasteiger partial charge in [0.05, 0.1) is 4.90 Å². The summed E-state index contributed by atoms with van der Waals surface area (Å²) in [5.41, 5.74) is 0.964. The van der Waals surface area contributed by atoms with Gasteiger partial charge in [-0.15, -0.1) is 0 Å². The molecule has 0 saturated carbocycles. The maximum atomic E-state index is 12.6. The Morgan fingerprint density at radius 3 is 2.52 bits per heavy atom. The van der Waals surface area contributed by atoms with Gasteiger partial charge in [-0.25, -0.2) is 13.4 Å². The van der Waals surface area contributed by atoms with E-state index in [4.69, 9.17) is 0 Å².